The number of carbonyl (C=O) groups is 2. The molecule has 1 aromatic carbocycles. The van der Waals surface area contributed by atoms with Gasteiger partial charge in [-0.2, -0.15) is 0 Å². The Morgan fingerprint density at radius 3 is 2.48 bits per heavy atom. The van der Waals surface area contributed by atoms with Crippen LogP contribution in [0.3, 0.4) is 0 Å². The third-order valence-corrected chi connectivity index (χ3v) is 4.71. The molecule has 1 amide bonds. The van der Waals surface area contributed by atoms with E-state index in [1.807, 2.05) is 18.2 Å². The van der Waals surface area contributed by atoms with Gasteiger partial charge in [0.15, 0.2) is 6.04 Å². The highest BCUT2D eigenvalue weighted by molar-refractivity contribution is 5.86. The molecule has 1 N–H and O–H groups in total. The highest BCUT2D eigenvalue weighted by Gasteiger charge is 2.48. The van der Waals surface area contributed by atoms with Gasteiger partial charge in [-0.1, -0.05) is 30.3 Å². The first kappa shape index (κ1) is 15.8. The van der Waals surface area contributed by atoms with Crippen molar-refractivity contribution in [3.05, 3.63) is 35.9 Å². The monoisotopic (exact) mass is 318 g/mol. The number of carbonyl (C=O) groups excluding carboxylic acids is 1. The van der Waals surface area contributed by atoms with Crippen molar-refractivity contribution in [2.24, 2.45) is 0 Å². The van der Waals surface area contributed by atoms with Crippen molar-refractivity contribution in [3.63, 3.8) is 0 Å². The summed E-state index contributed by atoms with van der Waals surface area (Å²) in [6.45, 7) is 4.29. The minimum atomic E-state index is -1.03. The number of piperidine rings is 1. The summed E-state index contributed by atoms with van der Waals surface area (Å²) in [5.41, 5.74) is 1.26. The number of carboxylic acid groups (broad SMARTS) is 1. The molecule has 6 heteroatoms. The summed E-state index contributed by atoms with van der Waals surface area (Å²) in [6.07, 6.45) is 0.117. The molecule has 0 bridgehead atoms. The second kappa shape index (κ2) is 6.58. The van der Waals surface area contributed by atoms with E-state index in [9.17, 15) is 14.7 Å². The second-order valence-corrected chi connectivity index (χ2v) is 6.27. The van der Waals surface area contributed by atoms with Crippen LogP contribution in [0.4, 0.5) is 4.79 Å². The largest absolute Gasteiger partial charge is 0.465 e. The molecule has 23 heavy (non-hydrogen) atoms. The maximum absolute atomic E-state index is 11.6. The highest BCUT2D eigenvalue weighted by atomic mass is 16.6. The lowest BCUT2D eigenvalue weighted by Gasteiger charge is -2.45. The van der Waals surface area contributed by atoms with Crippen LogP contribution in [0.5, 0.6) is 0 Å². The molecule has 2 atom stereocenters. The van der Waals surface area contributed by atoms with Crippen LogP contribution in [-0.2, 0) is 16.1 Å². The SMILES string of the molecule is C[C@@H]1OC(=O)[C@@H]1N(C(=O)O)C1CCN(Cc2ccccc2)CC1. The highest BCUT2D eigenvalue weighted by Crippen LogP contribution is 2.27. The lowest BCUT2D eigenvalue weighted by molar-refractivity contribution is -0.186. The predicted molar refractivity (Wildman–Crippen MR) is 83.9 cm³/mol. The molecule has 2 fully saturated rings. The Kier molecular flexibility index (Phi) is 4.52. The zero-order valence-corrected chi connectivity index (χ0v) is 13.2. The van der Waals surface area contributed by atoms with Crippen LogP contribution in [-0.4, -0.2) is 58.2 Å². The summed E-state index contributed by atoms with van der Waals surface area (Å²) in [6, 6.07) is 9.50. The molecule has 2 aliphatic heterocycles. The van der Waals surface area contributed by atoms with Crippen molar-refractivity contribution in [2.45, 2.75) is 44.5 Å². The van der Waals surface area contributed by atoms with E-state index in [-0.39, 0.29) is 12.1 Å². The first-order valence-corrected chi connectivity index (χ1v) is 8.04. The third-order valence-electron chi connectivity index (χ3n) is 4.71. The fourth-order valence-electron chi connectivity index (χ4n) is 3.48. The first-order chi connectivity index (χ1) is 11.1. The summed E-state index contributed by atoms with van der Waals surface area (Å²) < 4.78 is 4.92. The number of amides is 1. The van der Waals surface area contributed by atoms with Gasteiger partial charge in [0.2, 0.25) is 0 Å². The van der Waals surface area contributed by atoms with Gasteiger partial charge in [0, 0.05) is 25.7 Å². The van der Waals surface area contributed by atoms with Crippen LogP contribution in [0.15, 0.2) is 30.3 Å². The maximum atomic E-state index is 11.6. The smallest absolute Gasteiger partial charge is 0.408 e. The zero-order chi connectivity index (χ0) is 16.4. The number of benzene rings is 1. The molecule has 0 aromatic heterocycles. The number of ether oxygens (including phenoxy) is 1. The Bertz CT molecular complexity index is 569. The van der Waals surface area contributed by atoms with E-state index in [4.69, 9.17) is 4.74 Å². The summed E-state index contributed by atoms with van der Waals surface area (Å²) in [4.78, 5) is 26.8. The number of nitrogens with zero attached hydrogens (tertiary/aromatic N) is 2. The van der Waals surface area contributed by atoms with Crippen molar-refractivity contribution in [3.8, 4) is 0 Å². The number of esters is 1. The minimum Gasteiger partial charge on any atom is -0.465 e. The molecule has 0 saturated carbocycles. The van der Waals surface area contributed by atoms with Gasteiger partial charge in [-0.05, 0) is 25.3 Å². The predicted octanol–water partition coefficient (Wildman–Crippen LogP) is 1.94. The molecule has 0 unspecified atom stereocenters. The minimum absolute atomic E-state index is 0.111. The topological polar surface area (TPSA) is 70.1 Å². The van der Waals surface area contributed by atoms with Gasteiger partial charge in [0.1, 0.15) is 6.10 Å². The molecule has 2 saturated heterocycles. The van der Waals surface area contributed by atoms with Crippen molar-refractivity contribution in [2.75, 3.05) is 13.1 Å². The number of hydrogen-bond acceptors (Lipinski definition) is 4. The summed E-state index contributed by atoms with van der Waals surface area (Å²) in [5.74, 6) is -0.424. The molecular weight excluding hydrogens is 296 g/mol. The van der Waals surface area contributed by atoms with E-state index in [2.05, 4.69) is 17.0 Å². The van der Waals surface area contributed by atoms with E-state index in [0.717, 1.165) is 32.5 Å². The molecule has 2 aliphatic rings. The lowest BCUT2D eigenvalue weighted by atomic mass is 9.97. The molecule has 124 valence electrons. The van der Waals surface area contributed by atoms with Crippen LogP contribution in [0.2, 0.25) is 0 Å². The summed E-state index contributed by atoms with van der Waals surface area (Å²) in [5, 5.41) is 9.50. The average Bonchev–Trinajstić information content (AvgIpc) is 2.54. The Balaban J connectivity index is 1.58. The normalized spacial score (nSPS) is 25.5. The number of cyclic esters (lactones) is 1. The maximum Gasteiger partial charge on any atom is 0.408 e. The van der Waals surface area contributed by atoms with Crippen molar-refractivity contribution in [1.29, 1.82) is 0 Å². The van der Waals surface area contributed by atoms with E-state index in [1.165, 1.54) is 10.5 Å². The molecule has 0 radical (unpaired) electrons. The average molecular weight is 318 g/mol. The Hall–Kier alpha value is -2.08. The van der Waals surface area contributed by atoms with Crippen molar-refractivity contribution < 1.29 is 19.4 Å². The summed E-state index contributed by atoms with van der Waals surface area (Å²) >= 11 is 0. The van der Waals surface area contributed by atoms with Crippen LogP contribution in [0, 0.1) is 0 Å². The van der Waals surface area contributed by atoms with Gasteiger partial charge in [-0.15, -0.1) is 0 Å². The van der Waals surface area contributed by atoms with Gasteiger partial charge in [0.25, 0.3) is 0 Å². The van der Waals surface area contributed by atoms with Crippen LogP contribution in [0.1, 0.15) is 25.3 Å². The number of likely N-dealkylation sites (tertiary alicyclic amines) is 1. The van der Waals surface area contributed by atoms with Gasteiger partial charge >= 0.3 is 12.1 Å². The molecule has 2 heterocycles. The molecule has 0 spiro atoms. The Morgan fingerprint density at radius 2 is 1.96 bits per heavy atom. The molecular formula is C17H22N2O4. The van der Waals surface area contributed by atoms with Gasteiger partial charge in [-0.25, -0.2) is 9.59 Å². The van der Waals surface area contributed by atoms with Crippen molar-refractivity contribution >= 4 is 12.1 Å². The number of rotatable bonds is 4. The van der Waals surface area contributed by atoms with Gasteiger partial charge in [0.05, 0.1) is 0 Å². The molecule has 6 nitrogen and oxygen atoms in total. The zero-order valence-electron chi connectivity index (χ0n) is 13.2. The van der Waals surface area contributed by atoms with E-state index < -0.39 is 18.1 Å². The third kappa shape index (κ3) is 3.32. The van der Waals surface area contributed by atoms with Crippen LogP contribution >= 0.6 is 0 Å². The fourth-order valence-corrected chi connectivity index (χ4v) is 3.48. The lowest BCUT2D eigenvalue weighted by Crippen LogP contribution is -2.64. The second-order valence-electron chi connectivity index (χ2n) is 6.27. The molecule has 1 aromatic rings. The molecule has 0 aliphatic carbocycles. The standard InChI is InChI=1S/C17H22N2O4/c1-12-15(16(20)23-12)19(17(21)22)14-7-9-18(10-8-14)11-13-5-3-2-4-6-13/h2-6,12,14-15H,7-11H2,1H3,(H,21,22)/t12-,15+/m0/s1. The van der Waals surface area contributed by atoms with Crippen molar-refractivity contribution in [1.82, 2.24) is 9.80 Å². The van der Waals surface area contributed by atoms with E-state index in [0.29, 0.717) is 0 Å². The van der Waals surface area contributed by atoms with Gasteiger partial charge in [-0.3, -0.25) is 9.80 Å². The van der Waals surface area contributed by atoms with Gasteiger partial charge < -0.3 is 9.84 Å². The van der Waals surface area contributed by atoms with E-state index in [1.54, 1.807) is 6.92 Å². The Labute approximate surface area is 135 Å². The van der Waals surface area contributed by atoms with Crippen LogP contribution < -0.4 is 0 Å². The quantitative estimate of drug-likeness (QED) is 0.859. The van der Waals surface area contributed by atoms with Crippen LogP contribution in [0.25, 0.3) is 0 Å². The number of hydrogen-bond donors (Lipinski definition) is 1. The van der Waals surface area contributed by atoms with E-state index >= 15 is 0 Å². The first-order valence-electron chi connectivity index (χ1n) is 8.04. The summed E-state index contributed by atoms with van der Waals surface area (Å²) in [7, 11) is 0. The molecule has 3 rings (SSSR count). The Morgan fingerprint density at radius 1 is 1.30 bits per heavy atom. The fraction of sp³-hybridized carbons (Fsp3) is 0.529.